The molecule has 20 heavy (non-hydrogen) atoms. The van der Waals surface area contributed by atoms with Gasteiger partial charge in [0.05, 0.1) is 0 Å². The number of ether oxygens (including phenoxy) is 1. The normalized spacial score (nSPS) is 10.3. The zero-order valence-corrected chi connectivity index (χ0v) is 12.2. The van der Waals surface area contributed by atoms with Crippen LogP contribution in [0.15, 0.2) is 36.4 Å². The maximum Gasteiger partial charge on any atom is 0.161 e. The first kappa shape index (κ1) is 14.4. The average molecular weight is 290 g/mol. The van der Waals surface area contributed by atoms with Crippen LogP contribution < -0.4 is 10.5 Å². The van der Waals surface area contributed by atoms with Crippen LogP contribution in [0, 0.1) is 0 Å². The Balaban J connectivity index is 2.26. The third kappa shape index (κ3) is 3.11. The number of hydrogen-bond acceptors (Lipinski definition) is 3. The monoisotopic (exact) mass is 289 g/mol. The van der Waals surface area contributed by atoms with E-state index in [9.17, 15) is 4.79 Å². The van der Waals surface area contributed by atoms with Gasteiger partial charge in [0.15, 0.2) is 5.78 Å². The number of anilines is 1. The average Bonchev–Trinajstić information content (AvgIpc) is 2.40. The number of rotatable bonds is 4. The predicted molar refractivity (Wildman–Crippen MR) is 81.8 cm³/mol. The van der Waals surface area contributed by atoms with Crippen LogP contribution in [0.1, 0.15) is 29.8 Å². The third-order valence-corrected chi connectivity index (χ3v) is 3.40. The highest BCUT2D eigenvalue weighted by Crippen LogP contribution is 2.28. The molecule has 0 aromatic heterocycles. The van der Waals surface area contributed by atoms with Gasteiger partial charge in [-0.05, 0) is 49.2 Å². The first-order chi connectivity index (χ1) is 9.51. The predicted octanol–water partition coefficient (Wildman–Crippen LogP) is 4.48. The maximum atomic E-state index is 11.3. The molecule has 4 heteroatoms. The van der Waals surface area contributed by atoms with Crippen molar-refractivity contribution >= 4 is 23.1 Å². The molecule has 2 N–H and O–H groups in total. The molecule has 0 aliphatic heterocycles. The number of halogens is 1. The summed E-state index contributed by atoms with van der Waals surface area (Å²) in [4.78, 5) is 11.3. The largest absolute Gasteiger partial charge is 0.457 e. The van der Waals surface area contributed by atoms with Gasteiger partial charge in [-0.3, -0.25) is 4.79 Å². The number of Topliss-reactive ketones (excluding diaryl/α,β-unsaturated/α-hetero) is 1. The minimum absolute atomic E-state index is 0.0613. The van der Waals surface area contributed by atoms with Crippen LogP contribution in [0.4, 0.5) is 5.69 Å². The standard InChI is InChI=1S/C16H16ClNO2/c1-3-11-8-12(5-7-15(11)17)20-13-4-6-14(10(2)19)16(18)9-13/h4-9H,3,18H2,1-2H3. The molecular formula is C16H16ClNO2. The summed E-state index contributed by atoms with van der Waals surface area (Å²) in [6, 6.07) is 10.6. The number of ketones is 1. The van der Waals surface area contributed by atoms with E-state index in [-0.39, 0.29) is 5.78 Å². The lowest BCUT2D eigenvalue weighted by Crippen LogP contribution is -1.99. The van der Waals surface area contributed by atoms with Gasteiger partial charge in [0, 0.05) is 22.3 Å². The van der Waals surface area contributed by atoms with Crippen molar-refractivity contribution in [3.05, 3.63) is 52.5 Å². The van der Waals surface area contributed by atoms with Gasteiger partial charge in [-0.25, -0.2) is 0 Å². The van der Waals surface area contributed by atoms with Gasteiger partial charge in [0.2, 0.25) is 0 Å². The Labute approximate surface area is 123 Å². The molecule has 0 aliphatic carbocycles. The summed E-state index contributed by atoms with van der Waals surface area (Å²) in [6.07, 6.45) is 0.835. The van der Waals surface area contributed by atoms with E-state index in [0.717, 1.165) is 17.0 Å². The molecule has 2 aromatic carbocycles. The Kier molecular flexibility index (Phi) is 4.30. The summed E-state index contributed by atoms with van der Waals surface area (Å²) in [5.41, 5.74) is 7.78. The fraction of sp³-hybridized carbons (Fsp3) is 0.188. The van der Waals surface area contributed by atoms with Gasteiger partial charge >= 0.3 is 0 Å². The Morgan fingerprint density at radius 1 is 1.20 bits per heavy atom. The van der Waals surface area contributed by atoms with Crippen LogP contribution in [0.5, 0.6) is 11.5 Å². The molecule has 2 rings (SSSR count). The minimum Gasteiger partial charge on any atom is -0.457 e. The molecule has 0 saturated heterocycles. The fourth-order valence-corrected chi connectivity index (χ4v) is 2.20. The lowest BCUT2D eigenvalue weighted by Gasteiger charge is -2.10. The van der Waals surface area contributed by atoms with Crippen LogP contribution in [-0.4, -0.2) is 5.78 Å². The summed E-state index contributed by atoms with van der Waals surface area (Å²) in [5.74, 6) is 1.23. The SMILES string of the molecule is CCc1cc(Oc2ccc(C(C)=O)c(N)c2)ccc1Cl. The van der Waals surface area contributed by atoms with Gasteiger partial charge in [-0.1, -0.05) is 18.5 Å². The second-order valence-electron chi connectivity index (χ2n) is 4.51. The highest BCUT2D eigenvalue weighted by Gasteiger charge is 2.07. The van der Waals surface area contributed by atoms with Crippen molar-refractivity contribution < 1.29 is 9.53 Å². The Hall–Kier alpha value is -2.00. The van der Waals surface area contributed by atoms with Crippen molar-refractivity contribution in [1.29, 1.82) is 0 Å². The van der Waals surface area contributed by atoms with Crippen LogP contribution >= 0.6 is 11.6 Å². The van der Waals surface area contributed by atoms with Crippen molar-refractivity contribution in [2.75, 3.05) is 5.73 Å². The lowest BCUT2D eigenvalue weighted by atomic mass is 10.1. The maximum absolute atomic E-state index is 11.3. The lowest BCUT2D eigenvalue weighted by molar-refractivity contribution is 0.101. The van der Waals surface area contributed by atoms with Crippen LogP contribution in [-0.2, 0) is 6.42 Å². The summed E-state index contributed by atoms with van der Waals surface area (Å²) in [6.45, 7) is 3.52. The van der Waals surface area contributed by atoms with E-state index in [4.69, 9.17) is 22.1 Å². The highest BCUT2D eigenvalue weighted by atomic mass is 35.5. The quantitative estimate of drug-likeness (QED) is 0.667. The molecule has 0 radical (unpaired) electrons. The van der Waals surface area contributed by atoms with Gasteiger partial charge in [0.1, 0.15) is 11.5 Å². The number of nitrogens with two attached hydrogens (primary N) is 1. The number of carbonyl (C=O) groups is 1. The molecule has 0 heterocycles. The summed E-state index contributed by atoms with van der Waals surface area (Å²) >= 11 is 6.07. The van der Waals surface area contributed by atoms with Crippen LogP contribution in [0.3, 0.4) is 0 Å². The molecule has 3 nitrogen and oxygen atoms in total. The van der Waals surface area contributed by atoms with Gasteiger partial charge in [-0.15, -0.1) is 0 Å². The fourth-order valence-electron chi connectivity index (χ4n) is 1.95. The van der Waals surface area contributed by atoms with Gasteiger partial charge < -0.3 is 10.5 Å². The first-order valence-corrected chi connectivity index (χ1v) is 6.75. The van der Waals surface area contributed by atoms with E-state index < -0.39 is 0 Å². The van der Waals surface area contributed by atoms with Crippen molar-refractivity contribution in [2.24, 2.45) is 0 Å². The molecule has 0 unspecified atom stereocenters. The molecule has 2 aromatic rings. The number of carbonyl (C=O) groups excluding carboxylic acids is 1. The Morgan fingerprint density at radius 2 is 1.85 bits per heavy atom. The zero-order valence-electron chi connectivity index (χ0n) is 11.4. The van der Waals surface area contributed by atoms with Crippen molar-refractivity contribution in [3.63, 3.8) is 0 Å². The second kappa shape index (κ2) is 5.97. The summed E-state index contributed by atoms with van der Waals surface area (Å²) in [7, 11) is 0. The molecule has 0 bridgehead atoms. The molecule has 0 fully saturated rings. The van der Waals surface area contributed by atoms with E-state index in [2.05, 4.69) is 0 Å². The smallest absolute Gasteiger partial charge is 0.161 e. The Morgan fingerprint density at radius 3 is 2.45 bits per heavy atom. The number of aryl methyl sites for hydroxylation is 1. The van der Waals surface area contributed by atoms with E-state index in [1.165, 1.54) is 6.92 Å². The molecule has 0 amide bonds. The number of hydrogen-bond donors (Lipinski definition) is 1. The van der Waals surface area contributed by atoms with E-state index in [1.54, 1.807) is 24.3 Å². The van der Waals surface area contributed by atoms with Crippen molar-refractivity contribution in [2.45, 2.75) is 20.3 Å². The molecule has 0 spiro atoms. The van der Waals surface area contributed by atoms with Crippen LogP contribution in [0.2, 0.25) is 5.02 Å². The summed E-state index contributed by atoms with van der Waals surface area (Å²) < 4.78 is 5.74. The molecule has 0 aliphatic rings. The summed E-state index contributed by atoms with van der Waals surface area (Å²) in [5, 5.41) is 0.728. The highest BCUT2D eigenvalue weighted by molar-refractivity contribution is 6.31. The topological polar surface area (TPSA) is 52.3 Å². The molecule has 0 saturated carbocycles. The number of nitrogen functional groups attached to an aromatic ring is 1. The van der Waals surface area contributed by atoms with Crippen molar-refractivity contribution in [3.8, 4) is 11.5 Å². The van der Waals surface area contributed by atoms with E-state index >= 15 is 0 Å². The Bertz CT molecular complexity index is 653. The molecule has 104 valence electrons. The molecular weight excluding hydrogens is 274 g/mol. The van der Waals surface area contributed by atoms with Gasteiger partial charge in [-0.2, -0.15) is 0 Å². The zero-order chi connectivity index (χ0) is 14.7. The van der Waals surface area contributed by atoms with Gasteiger partial charge in [0.25, 0.3) is 0 Å². The van der Waals surface area contributed by atoms with Crippen LogP contribution in [0.25, 0.3) is 0 Å². The van der Waals surface area contributed by atoms with E-state index in [1.807, 2.05) is 19.1 Å². The molecule has 0 atom stereocenters. The first-order valence-electron chi connectivity index (χ1n) is 6.38. The van der Waals surface area contributed by atoms with E-state index in [0.29, 0.717) is 22.7 Å². The second-order valence-corrected chi connectivity index (χ2v) is 4.92. The van der Waals surface area contributed by atoms with Crippen molar-refractivity contribution in [1.82, 2.24) is 0 Å². The number of benzene rings is 2. The minimum atomic E-state index is -0.0613. The third-order valence-electron chi connectivity index (χ3n) is 3.04.